The third kappa shape index (κ3) is 4.74. The van der Waals surface area contributed by atoms with Crippen molar-refractivity contribution in [2.24, 2.45) is 0 Å². The molecule has 1 aliphatic rings. The van der Waals surface area contributed by atoms with Crippen LogP contribution in [0.2, 0.25) is 0 Å². The average molecular weight is 386 g/mol. The van der Waals surface area contributed by atoms with Crippen LogP contribution < -0.4 is 4.74 Å². The molecule has 0 atom stereocenters. The molecule has 0 saturated carbocycles. The second-order valence-corrected chi connectivity index (χ2v) is 7.25. The standard InChI is InChI=1S/C20H22N2O4S/c1-26-16-5-2-4-15(14-16)20(25)22-11-9-21(10-12-22)19(24)8-7-17(23)18-6-3-13-27-18/h2-6,13-14H,7-12H2,1H3. The van der Waals surface area contributed by atoms with E-state index in [0.717, 1.165) is 0 Å². The number of ketones is 1. The van der Waals surface area contributed by atoms with Gasteiger partial charge in [0.05, 0.1) is 12.0 Å². The van der Waals surface area contributed by atoms with Crippen LogP contribution in [-0.4, -0.2) is 60.7 Å². The first kappa shape index (κ1) is 19.1. The smallest absolute Gasteiger partial charge is 0.254 e. The van der Waals surface area contributed by atoms with E-state index in [0.29, 0.717) is 42.4 Å². The van der Waals surface area contributed by atoms with Crippen LogP contribution in [0.1, 0.15) is 32.9 Å². The molecule has 1 aromatic carbocycles. The highest BCUT2D eigenvalue weighted by Crippen LogP contribution is 2.17. The molecule has 1 fully saturated rings. The Morgan fingerprint density at radius 2 is 1.74 bits per heavy atom. The van der Waals surface area contributed by atoms with Crippen LogP contribution in [0.5, 0.6) is 5.75 Å². The van der Waals surface area contributed by atoms with E-state index in [9.17, 15) is 14.4 Å². The molecule has 7 heteroatoms. The van der Waals surface area contributed by atoms with Gasteiger partial charge < -0.3 is 14.5 Å². The van der Waals surface area contributed by atoms with Crippen molar-refractivity contribution < 1.29 is 19.1 Å². The fraction of sp³-hybridized carbons (Fsp3) is 0.350. The average Bonchev–Trinajstić information content (AvgIpc) is 3.26. The van der Waals surface area contributed by atoms with Crippen LogP contribution >= 0.6 is 11.3 Å². The number of thiophene rings is 1. The molecule has 2 heterocycles. The summed E-state index contributed by atoms with van der Waals surface area (Å²) in [5.41, 5.74) is 0.579. The van der Waals surface area contributed by atoms with Crippen LogP contribution in [-0.2, 0) is 4.79 Å². The van der Waals surface area contributed by atoms with Crippen molar-refractivity contribution in [2.45, 2.75) is 12.8 Å². The van der Waals surface area contributed by atoms with Gasteiger partial charge in [-0.3, -0.25) is 14.4 Å². The monoisotopic (exact) mass is 386 g/mol. The van der Waals surface area contributed by atoms with Gasteiger partial charge in [-0.2, -0.15) is 0 Å². The van der Waals surface area contributed by atoms with Gasteiger partial charge in [0.2, 0.25) is 5.91 Å². The minimum atomic E-state index is -0.0612. The summed E-state index contributed by atoms with van der Waals surface area (Å²) in [6.45, 7) is 1.95. The summed E-state index contributed by atoms with van der Waals surface area (Å²) in [5.74, 6) is 0.553. The first-order valence-corrected chi connectivity index (χ1v) is 9.74. The maximum Gasteiger partial charge on any atom is 0.254 e. The number of Topliss-reactive ketones (excluding diaryl/α,β-unsaturated/α-hetero) is 1. The molecular formula is C20H22N2O4S. The molecular weight excluding hydrogens is 364 g/mol. The number of nitrogens with zero attached hydrogens (tertiary/aromatic N) is 2. The number of hydrogen-bond donors (Lipinski definition) is 0. The summed E-state index contributed by atoms with van der Waals surface area (Å²) in [4.78, 5) is 41.2. The fourth-order valence-corrected chi connectivity index (χ4v) is 3.73. The van der Waals surface area contributed by atoms with E-state index in [1.165, 1.54) is 11.3 Å². The topological polar surface area (TPSA) is 66.9 Å². The van der Waals surface area contributed by atoms with Gasteiger partial charge in [0.25, 0.3) is 5.91 Å². The van der Waals surface area contributed by atoms with E-state index in [1.54, 1.807) is 47.2 Å². The predicted octanol–water partition coefficient (Wildman–Crippen LogP) is 2.70. The molecule has 0 N–H and O–H groups in total. The van der Waals surface area contributed by atoms with Crippen molar-refractivity contribution in [3.63, 3.8) is 0 Å². The molecule has 0 aliphatic carbocycles. The molecule has 2 aromatic rings. The molecule has 2 amide bonds. The molecule has 0 radical (unpaired) electrons. The Hall–Kier alpha value is -2.67. The summed E-state index contributed by atoms with van der Waals surface area (Å²) >= 11 is 1.39. The number of carbonyl (C=O) groups excluding carboxylic acids is 3. The van der Waals surface area contributed by atoms with Gasteiger partial charge in [-0.1, -0.05) is 12.1 Å². The van der Waals surface area contributed by atoms with Gasteiger partial charge in [-0.05, 0) is 29.6 Å². The second-order valence-electron chi connectivity index (χ2n) is 6.31. The van der Waals surface area contributed by atoms with Crippen molar-refractivity contribution in [1.82, 2.24) is 9.80 Å². The lowest BCUT2D eigenvalue weighted by Gasteiger charge is -2.35. The lowest BCUT2D eigenvalue weighted by molar-refractivity contribution is -0.132. The zero-order valence-corrected chi connectivity index (χ0v) is 16.0. The minimum absolute atomic E-state index is 0.00480. The largest absolute Gasteiger partial charge is 0.497 e. The van der Waals surface area contributed by atoms with E-state index >= 15 is 0 Å². The molecule has 1 aliphatic heterocycles. The molecule has 6 nitrogen and oxygen atoms in total. The predicted molar refractivity (Wildman–Crippen MR) is 103 cm³/mol. The number of benzene rings is 1. The van der Waals surface area contributed by atoms with E-state index in [-0.39, 0.29) is 30.4 Å². The highest BCUT2D eigenvalue weighted by Gasteiger charge is 2.25. The van der Waals surface area contributed by atoms with Gasteiger partial charge in [0.15, 0.2) is 5.78 Å². The van der Waals surface area contributed by atoms with Crippen LogP contribution in [0.25, 0.3) is 0 Å². The molecule has 1 saturated heterocycles. The van der Waals surface area contributed by atoms with Gasteiger partial charge in [0, 0.05) is 44.6 Å². The van der Waals surface area contributed by atoms with Crippen LogP contribution in [0, 0.1) is 0 Å². The zero-order chi connectivity index (χ0) is 19.2. The molecule has 142 valence electrons. The van der Waals surface area contributed by atoms with Gasteiger partial charge in [0.1, 0.15) is 5.75 Å². The van der Waals surface area contributed by atoms with Crippen molar-refractivity contribution in [1.29, 1.82) is 0 Å². The molecule has 0 bridgehead atoms. The van der Waals surface area contributed by atoms with Crippen molar-refractivity contribution >= 4 is 28.9 Å². The molecule has 27 heavy (non-hydrogen) atoms. The quantitative estimate of drug-likeness (QED) is 0.716. The van der Waals surface area contributed by atoms with Crippen LogP contribution in [0.15, 0.2) is 41.8 Å². The highest BCUT2D eigenvalue weighted by molar-refractivity contribution is 7.12. The van der Waals surface area contributed by atoms with Crippen molar-refractivity contribution in [3.8, 4) is 5.75 Å². The summed E-state index contributed by atoms with van der Waals surface area (Å²) in [6.07, 6.45) is 0.433. The Morgan fingerprint density at radius 1 is 1.00 bits per heavy atom. The number of hydrogen-bond acceptors (Lipinski definition) is 5. The summed E-state index contributed by atoms with van der Waals surface area (Å²) in [6, 6.07) is 10.7. The van der Waals surface area contributed by atoms with E-state index in [2.05, 4.69) is 0 Å². The van der Waals surface area contributed by atoms with Gasteiger partial charge in [-0.15, -0.1) is 11.3 Å². The second kappa shape index (κ2) is 8.81. The molecule has 0 spiro atoms. The summed E-state index contributed by atoms with van der Waals surface area (Å²) < 4.78 is 5.16. The molecule has 3 rings (SSSR count). The zero-order valence-electron chi connectivity index (χ0n) is 15.2. The molecule has 1 aromatic heterocycles. The van der Waals surface area contributed by atoms with E-state index in [4.69, 9.17) is 4.74 Å². The first-order valence-electron chi connectivity index (χ1n) is 8.86. The number of piperazine rings is 1. The maximum atomic E-state index is 12.6. The lowest BCUT2D eigenvalue weighted by Crippen LogP contribution is -2.50. The fourth-order valence-electron chi connectivity index (χ4n) is 3.04. The maximum absolute atomic E-state index is 12.6. The Bertz CT molecular complexity index is 811. The Kier molecular flexibility index (Phi) is 6.24. The number of rotatable bonds is 6. The number of methoxy groups -OCH3 is 1. The normalized spacial score (nSPS) is 14.1. The number of amides is 2. The minimum Gasteiger partial charge on any atom is -0.497 e. The summed E-state index contributed by atoms with van der Waals surface area (Å²) in [7, 11) is 1.57. The third-order valence-electron chi connectivity index (χ3n) is 4.60. The Balaban J connectivity index is 1.48. The van der Waals surface area contributed by atoms with Crippen molar-refractivity contribution in [3.05, 3.63) is 52.2 Å². The highest BCUT2D eigenvalue weighted by atomic mass is 32.1. The number of ether oxygens (including phenoxy) is 1. The van der Waals surface area contributed by atoms with Crippen LogP contribution in [0.3, 0.4) is 0 Å². The number of carbonyl (C=O) groups is 3. The van der Waals surface area contributed by atoms with Crippen molar-refractivity contribution in [2.75, 3.05) is 33.3 Å². The Morgan fingerprint density at radius 3 is 2.41 bits per heavy atom. The first-order chi connectivity index (χ1) is 13.1. The SMILES string of the molecule is COc1cccc(C(=O)N2CCN(C(=O)CCC(=O)c3cccs3)CC2)c1. The van der Waals surface area contributed by atoms with E-state index in [1.807, 2.05) is 11.4 Å². The third-order valence-corrected chi connectivity index (χ3v) is 5.51. The lowest BCUT2D eigenvalue weighted by atomic mass is 10.1. The molecule has 0 unspecified atom stereocenters. The summed E-state index contributed by atoms with van der Waals surface area (Å²) in [5, 5.41) is 1.85. The Labute approximate surface area is 162 Å². The van der Waals surface area contributed by atoms with E-state index < -0.39 is 0 Å². The van der Waals surface area contributed by atoms with Gasteiger partial charge >= 0.3 is 0 Å². The van der Waals surface area contributed by atoms with Crippen LogP contribution in [0.4, 0.5) is 0 Å². The van der Waals surface area contributed by atoms with Gasteiger partial charge in [-0.25, -0.2) is 0 Å².